The lowest BCUT2D eigenvalue weighted by atomic mass is 9.85. The molecular formula is C45H77O14P. The van der Waals surface area contributed by atoms with Gasteiger partial charge in [0.2, 0.25) is 0 Å². The number of phosphoric acid groups is 1. The second kappa shape index (κ2) is 32.4. The molecule has 1 saturated carbocycles. The first kappa shape index (κ1) is 53.9. The molecule has 1 heterocycles. The van der Waals surface area contributed by atoms with Gasteiger partial charge < -0.3 is 44.6 Å². The Kier molecular flexibility index (Phi) is 29.1. The Bertz CT molecular complexity index is 1300. The Balaban J connectivity index is 1.75. The zero-order valence-corrected chi connectivity index (χ0v) is 37.1. The van der Waals surface area contributed by atoms with E-state index in [1.54, 1.807) is 0 Å². The molecule has 0 aromatic heterocycles. The Labute approximate surface area is 358 Å². The normalized spacial score (nSPS) is 26.0. The van der Waals surface area contributed by atoms with Crippen LogP contribution in [0.1, 0.15) is 155 Å². The van der Waals surface area contributed by atoms with Gasteiger partial charge >= 0.3 is 19.8 Å². The highest BCUT2D eigenvalue weighted by Gasteiger charge is 2.51. The quantitative estimate of drug-likeness (QED) is 0.0120. The first-order chi connectivity index (χ1) is 28.9. The monoisotopic (exact) mass is 873 g/mol. The largest absolute Gasteiger partial charge is 0.472 e. The number of allylic oxidation sites excluding steroid dienone is 7. The van der Waals surface area contributed by atoms with Crippen molar-refractivity contribution in [3.63, 3.8) is 0 Å². The molecule has 14 nitrogen and oxygen atoms in total. The van der Waals surface area contributed by atoms with E-state index >= 15 is 0 Å². The van der Waals surface area contributed by atoms with Crippen LogP contribution in [0.3, 0.4) is 0 Å². The molecule has 2 fully saturated rings. The molecule has 60 heavy (non-hydrogen) atoms. The molecule has 2 rings (SSSR count). The molecule has 2 aliphatic rings. The number of aliphatic hydroxyl groups excluding tert-OH is 5. The highest BCUT2D eigenvalue weighted by atomic mass is 31.2. The van der Waals surface area contributed by atoms with E-state index in [0.717, 1.165) is 64.2 Å². The van der Waals surface area contributed by atoms with Crippen LogP contribution < -0.4 is 0 Å². The predicted molar refractivity (Wildman–Crippen MR) is 230 cm³/mol. The molecule has 0 aromatic carbocycles. The maximum absolute atomic E-state index is 12.8. The molecule has 0 amide bonds. The summed E-state index contributed by atoms with van der Waals surface area (Å²) < 4.78 is 39.1. The van der Waals surface area contributed by atoms with Gasteiger partial charge in [0.1, 0.15) is 43.2 Å². The third-order valence-electron chi connectivity index (χ3n) is 10.6. The van der Waals surface area contributed by atoms with E-state index in [0.29, 0.717) is 31.5 Å². The van der Waals surface area contributed by atoms with Gasteiger partial charge in [-0.25, -0.2) is 4.57 Å². The molecule has 5 unspecified atom stereocenters. The minimum Gasteiger partial charge on any atom is -0.462 e. The molecule has 0 spiro atoms. The lowest BCUT2D eigenvalue weighted by Gasteiger charge is -2.41. The van der Waals surface area contributed by atoms with Crippen molar-refractivity contribution in [2.75, 3.05) is 13.2 Å². The van der Waals surface area contributed by atoms with E-state index in [1.165, 1.54) is 44.9 Å². The summed E-state index contributed by atoms with van der Waals surface area (Å²) in [5.41, 5.74) is 0. The number of aliphatic hydroxyl groups is 5. The van der Waals surface area contributed by atoms with Crippen molar-refractivity contribution in [3.05, 3.63) is 48.6 Å². The zero-order chi connectivity index (χ0) is 44.0. The molecule has 1 aliphatic heterocycles. The minimum atomic E-state index is -5.14. The molecule has 0 bridgehead atoms. The van der Waals surface area contributed by atoms with Gasteiger partial charge in [-0.3, -0.25) is 18.6 Å². The lowest BCUT2D eigenvalue weighted by Crippen LogP contribution is -2.64. The summed E-state index contributed by atoms with van der Waals surface area (Å²) in [4.78, 5) is 35.6. The third-order valence-corrected chi connectivity index (χ3v) is 11.6. The first-order valence-corrected chi connectivity index (χ1v) is 24.1. The molecule has 6 N–H and O–H groups in total. The fourth-order valence-electron chi connectivity index (χ4n) is 6.78. The average Bonchev–Trinajstić information content (AvgIpc) is 3.98. The van der Waals surface area contributed by atoms with Crippen LogP contribution in [0.2, 0.25) is 0 Å². The zero-order valence-electron chi connectivity index (χ0n) is 36.2. The van der Waals surface area contributed by atoms with Gasteiger partial charge in [-0.15, -0.1) is 0 Å². The van der Waals surface area contributed by atoms with Gasteiger partial charge in [0, 0.05) is 12.8 Å². The second-order valence-electron chi connectivity index (χ2n) is 15.9. The van der Waals surface area contributed by atoms with Crippen LogP contribution in [-0.2, 0) is 37.4 Å². The minimum absolute atomic E-state index is 0.0141. The lowest BCUT2D eigenvalue weighted by molar-refractivity contribution is -0.220. The Morgan fingerprint density at radius 3 is 1.78 bits per heavy atom. The molecule has 0 aromatic rings. The number of rotatable bonds is 35. The SMILES string of the molecule is CCCCCC/C=C\CCCCCCCC(=O)OC[C@H](COP(=O)(O)OC1[C@H](O)[C@H](O)C(O)[C@H](O)[C@H]1O)OC(=O)CCC/C=C\C/C=C\C/C=C\CC1OC1CCCCC. The van der Waals surface area contributed by atoms with Crippen LogP contribution >= 0.6 is 7.82 Å². The first-order valence-electron chi connectivity index (χ1n) is 22.6. The number of hydrogen-bond acceptors (Lipinski definition) is 13. The summed E-state index contributed by atoms with van der Waals surface area (Å²) in [6.07, 6.45) is 24.9. The Morgan fingerprint density at radius 2 is 1.12 bits per heavy atom. The Hall–Kier alpha value is -2.23. The van der Waals surface area contributed by atoms with Gasteiger partial charge in [0.05, 0.1) is 18.8 Å². The maximum atomic E-state index is 12.8. The van der Waals surface area contributed by atoms with Crippen LogP contribution in [0.15, 0.2) is 48.6 Å². The number of unbranched alkanes of at least 4 members (excludes halogenated alkanes) is 12. The van der Waals surface area contributed by atoms with E-state index in [2.05, 4.69) is 50.3 Å². The van der Waals surface area contributed by atoms with Crippen molar-refractivity contribution in [2.24, 2.45) is 0 Å². The van der Waals surface area contributed by atoms with E-state index < -0.39 is 75.7 Å². The number of carbonyl (C=O) groups excluding carboxylic acids is 2. The highest BCUT2D eigenvalue weighted by molar-refractivity contribution is 7.47. The number of hydrogen-bond donors (Lipinski definition) is 6. The number of carbonyl (C=O) groups is 2. The summed E-state index contributed by atoms with van der Waals surface area (Å²) in [6, 6.07) is 0. The van der Waals surface area contributed by atoms with Crippen molar-refractivity contribution in [1.29, 1.82) is 0 Å². The standard InChI is InChI=1S/C45H77O14P/c1-3-5-7-8-9-10-11-12-13-17-20-23-27-31-38(46)55-33-35(34-56-60(53,54)59-45-43(51)41(49)40(48)42(50)44(45)52)57-39(47)32-28-24-21-18-15-14-16-19-22-26-30-37-36(58-37)29-25-6-4-2/h10-11,14,16,18,21-22,26,35-37,40-45,48-52H,3-9,12-13,15,17,19-20,23-25,27-34H2,1-2H3,(H,53,54)/b11-10-,16-14-,21-18-,26-22-/t35-,36?,37?,40?,41-,42+,43-,44-,45?/m1/s1. The fourth-order valence-corrected chi connectivity index (χ4v) is 7.75. The summed E-state index contributed by atoms with van der Waals surface area (Å²) in [5, 5.41) is 50.1. The molecular weight excluding hydrogens is 795 g/mol. The molecule has 15 heteroatoms. The van der Waals surface area contributed by atoms with E-state index in [-0.39, 0.29) is 12.8 Å². The molecule has 1 saturated heterocycles. The van der Waals surface area contributed by atoms with Crippen LogP contribution in [0.4, 0.5) is 0 Å². The van der Waals surface area contributed by atoms with E-state index in [9.17, 15) is 44.6 Å². The van der Waals surface area contributed by atoms with Gasteiger partial charge in [-0.1, -0.05) is 120 Å². The van der Waals surface area contributed by atoms with Gasteiger partial charge in [-0.2, -0.15) is 0 Å². The van der Waals surface area contributed by atoms with E-state index in [4.69, 9.17) is 23.3 Å². The average molecular weight is 873 g/mol. The highest BCUT2D eigenvalue weighted by Crippen LogP contribution is 2.47. The summed E-state index contributed by atoms with van der Waals surface area (Å²) in [5.74, 6) is -1.18. The predicted octanol–water partition coefficient (Wildman–Crippen LogP) is 7.38. The topological polar surface area (TPSA) is 222 Å². The van der Waals surface area contributed by atoms with Crippen LogP contribution in [0, 0.1) is 0 Å². The van der Waals surface area contributed by atoms with Crippen molar-refractivity contribution in [3.8, 4) is 0 Å². The summed E-state index contributed by atoms with van der Waals surface area (Å²) >= 11 is 0. The van der Waals surface area contributed by atoms with Crippen molar-refractivity contribution >= 4 is 19.8 Å². The molecule has 10 atom stereocenters. The van der Waals surface area contributed by atoms with Gasteiger partial charge in [-0.05, 0) is 70.6 Å². The van der Waals surface area contributed by atoms with Crippen molar-refractivity contribution in [1.82, 2.24) is 0 Å². The number of ether oxygens (including phenoxy) is 3. The Morgan fingerprint density at radius 1 is 0.600 bits per heavy atom. The fraction of sp³-hybridized carbons (Fsp3) is 0.778. The van der Waals surface area contributed by atoms with Crippen molar-refractivity contribution < 1.29 is 67.8 Å². The number of esters is 2. The summed E-state index contributed by atoms with van der Waals surface area (Å²) in [7, 11) is -5.14. The van der Waals surface area contributed by atoms with Crippen molar-refractivity contribution in [2.45, 2.75) is 210 Å². The third kappa shape index (κ3) is 24.4. The molecule has 0 radical (unpaired) electrons. The number of epoxide rings is 1. The number of phosphoric ester groups is 1. The second-order valence-corrected chi connectivity index (χ2v) is 17.3. The van der Waals surface area contributed by atoms with Gasteiger partial charge in [0.15, 0.2) is 6.10 Å². The smallest absolute Gasteiger partial charge is 0.462 e. The maximum Gasteiger partial charge on any atom is 0.472 e. The van der Waals surface area contributed by atoms with Crippen LogP contribution in [0.5, 0.6) is 0 Å². The molecule has 346 valence electrons. The van der Waals surface area contributed by atoms with E-state index in [1.807, 2.05) is 12.2 Å². The van der Waals surface area contributed by atoms with Gasteiger partial charge in [0.25, 0.3) is 0 Å². The van der Waals surface area contributed by atoms with Crippen LogP contribution in [-0.4, -0.2) is 111 Å². The van der Waals surface area contributed by atoms with Crippen LogP contribution in [0.25, 0.3) is 0 Å². The molecule has 1 aliphatic carbocycles. The summed E-state index contributed by atoms with van der Waals surface area (Å²) in [6.45, 7) is 3.18.